The molecule has 0 spiro atoms. The second-order valence-corrected chi connectivity index (χ2v) is 7.58. The van der Waals surface area contributed by atoms with Crippen LogP contribution in [0, 0.1) is 13.8 Å². The quantitative estimate of drug-likeness (QED) is 0.380. The van der Waals surface area contributed by atoms with Gasteiger partial charge in [0.1, 0.15) is 0 Å². The van der Waals surface area contributed by atoms with Crippen LogP contribution in [-0.2, 0) is 6.54 Å². The third-order valence-corrected chi connectivity index (χ3v) is 5.00. The van der Waals surface area contributed by atoms with E-state index in [0.29, 0.717) is 6.04 Å². The highest BCUT2D eigenvalue weighted by atomic mass is 127. The number of hydrogen-bond donors (Lipinski definition) is 2. The van der Waals surface area contributed by atoms with Crippen molar-refractivity contribution in [2.75, 3.05) is 27.7 Å². The molecule has 4 nitrogen and oxygen atoms in total. The molecule has 25 heavy (non-hydrogen) atoms. The average Bonchev–Trinajstić information content (AvgIpc) is 2.97. The highest BCUT2D eigenvalue weighted by Crippen LogP contribution is 2.18. The molecule has 0 bridgehead atoms. The normalized spacial score (nSPS) is 12.6. The molecule has 0 fully saturated rings. The lowest BCUT2D eigenvalue weighted by Gasteiger charge is -2.26. The van der Waals surface area contributed by atoms with Crippen molar-refractivity contribution in [2.24, 2.45) is 4.99 Å². The first-order chi connectivity index (χ1) is 11.5. The Labute approximate surface area is 172 Å². The molecule has 1 unspecified atom stereocenters. The number of rotatable bonds is 6. The van der Waals surface area contributed by atoms with Gasteiger partial charge in [-0.2, -0.15) is 0 Å². The summed E-state index contributed by atoms with van der Waals surface area (Å²) in [5.41, 5.74) is 2.59. The van der Waals surface area contributed by atoms with E-state index >= 15 is 0 Å². The maximum absolute atomic E-state index is 4.33. The molecule has 1 atom stereocenters. The first-order valence-corrected chi connectivity index (χ1v) is 9.04. The van der Waals surface area contributed by atoms with Crippen molar-refractivity contribution >= 4 is 41.3 Å². The number of aryl methyl sites for hydroxylation is 2. The Morgan fingerprint density at radius 3 is 2.28 bits per heavy atom. The van der Waals surface area contributed by atoms with Crippen LogP contribution in [0.25, 0.3) is 0 Å². The fourth-order valence-electron chi connectivity index (χ4n) is 2.55. The van der Waals surface area contributed by atoms with Gasteiger partial charge in [0.2, 0.25) is 0 Å². The van der Waals surface area contributed by atoms with Crippen molar-refractivity contribution in [2.45, 2.75) is 26.4 Å². The van der Waals surface area contributed by atoms with E-state index in [4.69, 9.17) is 0 Å². The molecule has 0 amide bonds. The molecule has 0 aliphatic rings. The number of nitrogens with zero attached hydrogens (tertiary/aromatic N) is 2. The molecular weight excluding hydrogens is 443 g/mol. The van der Waals surface area contributed by atoms with Gasteiger partial charge in [-0.05, 0) is 45.6 Å². The van der Waals surface area contributed by atoms with Crippen molar-refractivity contribution in [3.8, 4) is 0 Å². The molecule has 1 aromatic carbocycles. The van der Waals surface area contributed by atoms with Gasteiger partial charge in [-0.1, -0.05) is 29.8 Å². The van der Waals surface area contributed by atoms with Crippen LogP contribution in [0.5, 0.6) is 0 Å². The number of hydrogen-bond acceptors (Lipinski definition) is 3. The van der Waals surface area contributed by atoms with Crippen LogP contribution in [0.15, 0.2) is 41.4 Å². The van der Waals surface area contributed by atoms with E-state index in [9.17, 15) is 0 Å². The number of guanidine groups is 1. The number of nitrogens with one attached hydrogen (secondary N) is 2. The largest absolute Gasteiger partial charge is 0.354 e. The molecular formula is C19H29IN4S. The van der Waals surface area contributed by atoms with Gasteiger partial charge < -0.3 is 15.5 Å². The van der Waals surface area contributed by atoms with Crippen LogP contribution in [0.2, 0.25) is 0 Å². The lowest BCUT2D eigenvalue weighted by atomic mass is 10.0. The lowest BCUT2D eigenvalue weighted by molar-refractivity contribution is 0.298. The Morgan fingerprint density at radius 1 is 1.08 bits per heavy atom. The summed E-state index contributed by atoms with van der Waals surface area (Å²) in [6, 6.07) is 13.3. The molecule has 1 aromatic heterocycles. The molecule has 0 saturated heterocycles. The van der Waals surface area contributed by atoms with Crippen molar-refractivity contribution in [1.82, 2.24) is 15.5 Å². The Balaban J connectivity index is 0.00000312. The highest BCUT2D eigenvalue weighted by molar-refractivity contribution is 14.0. The number of benzene rings is 1. The van der Waals surface area contributed by atoms with Gasteiger partial charge in [-0.15, -0.1) is 35.3 Å². The number of halogens is 1. The summed E-state index contributed by atoms with van der Waals surface area (Å²) in [7, 11) is 6.03. The van der Waals surface area contributed by atoms with E-state index in [-0.39, 0.29) is 24.0 Å². The minimum absolute atomic E-state index is 0. The molecule has 1 heterocycles. The number of thiophene rings is 1. The fourth-order valence-corrected chi connectivity index (χ4v) is 3.38. The van der Waals surface area contributed by atoms with Gasteiger partial charge in [0.15, 0.2) is 5.96 Å². The van der Waals surface area contributed by atoms with Gasteiger partial charge in [0.25, 0.3) is 0 Å². The Hall–Kier alpha value is -1.12. The van der Waals surface area contributed by atoms with Gasteiger partial charge in [-0.25, -0.2) is 0 Å². The van der Waals surface area contributed by atoms with Crippen molar-refractivity contribution < 1.29 is 0 Å². The first-order valence-electron chi connectivity index (χ1n) is 8.22. The van der Waals surface area contributed by atoms with Crippen molar-refractivity contribution in [3.05, 3.63) is 57.3 Å². The van der Waals surface area contributed by atoms with Crippen LogP contribution >= 0.6 is 35.3 Å². The highest BCUT2D eigenvalue weighted by Gasteiger charge is 2.14. The van der Waals surface area contributed by atoms with E-state index in [1.165, 1.54) is 20.9 Å². The van der Waals surface area contributed by atoms with Crippen molar-refractivity contribution in [3.63, 3.8) is 0 Å². The molecule has 6 heteroatoms. The molecule has 0 saturated carbocycles. The summed E-state index contributed by atoms with van der Waals surface area (Å²) in [5, 5.41) is 6.83. The summed E-state index contributed by atoms with van der Waals surface area (Å²) < 4.78 is 0. The Bertz CT molecular complexity index is 664. The summed E-state index contributed by atoms with van der Waals surface area (Å²) in [5.74, 6) is 0.833. The van der Waals surface area contributed by atoms with Crippen LogP contribution in [0.1, 0.15) is 26.9 Å². The SMILES string of the molecule is CN=C(NCc1ccc(C)s1)NCC(c1ccc(C)cc1)N(C)C.I. The summed E-state index contributed by atoms with van der Waals surface area (Å²) >= 11 is 1.81. The second kappa shape index (κ2) is 10.8. The van der Waals surface area contributed by atoms with Crippen LogP contribution in [-0.4, -0.2) is 38.5 Å². The van der Waals surface area contributed by atoms with E-state index in [1.54, 1.807) is 0 Å². The maximum Gasteiger partial charge on any atom is 0.191 e. The zero-order valence-electron chi connectivity index (χ0n) is 15.7. The predicted octanol–water partition coefficient (Wildman–Crippen LogP) is 3.95. The van der Waals surface area contributed by atoms with E-state index in [1.807, 2.05) is 18.4 Å². The maximum atomic E-state index is 4.33. The average molecular weight is 472 g/mol. The molecule has 0 aliphatic carbocycles. The lowest BCUT2D eigenvalue weighted by Crippen LogP contribution is -2.41. The third-order valence-electron chi connectivity index (χ3n) is 4.00. The molecule has 138 valence electrons. The molecule has 0 radical (unpaired) electrons. The van der Waals surface area contributed by atoms with Crippen molar-refractivity contribution in [1.29, 1.82) is 0 Å². The smallest absolute Gasteiger partial charge is 0.191 e. The molecule has 0 aliphatic heterocycles. The topological polar surface area (TPSA) is 39.7 Å². The second-order valence-electron chi connectivity index (χ2n) is 6.21. The van der Waals surface area contributed by atoms with Gasteiger partial charge in [-0.3, -0.25) is 4.99 Å². The Kier molecular flexibility index (Phi) is 9.45. The monoisotopic (exact) mass is 472 g/mol. The number of aliphatic imine (C=N–C) groups is 1. The minimum Gasteiger partial charge on any atom is -0.354 e. The third kappa shape index (κ3) is 6.95. The molecule has 2 rings (SSSR count). The standard InChI is InChI=1S/C19H28N4S.HI/c1-14-6-9-16(10-7-14)18(23(4)5)13-22-19(20-3)21-12-17-11-8-15(2)24-17;/h6-11,18H,12-13H2,1-5H3,(H2,20,21,22);1H. The van der Waals surface area contributed by atoms with Crippen LogP contribution in [0.3, 0.4) is 0 Å². The zero-order valence-corrected chi connectivity index (χ0v) is 18.8. The van der Waals surface area contributed by atoms with E-state index < -0.39 is 0 Å². The summed E-state index contributed by atoms with van der Waals surface area (Å²) in [6.45, 7) is 5.85. The van der Waals surface area contributed by atoms with Gasteiger partial charge in [0, 0.05) is 23.3 Å². The molecule has 2 aromatic rings. The van der Waals surface area contributed by atoms with Crippen LogP contribution < -0.4 is 10.6 Å². The fraction of sp³-hybridized carbons (Fsp3) is 0.421. The van der Waals surface area contributed by atoms with Crippen LogP contribution in [0.4, 0.5) is 0 Å². The van der Waals surface area contributed by atoms with E-state index in [0.717, 1.165) is 19.0 Å². The Morgan fingerprint density at radius 2 is 1.76 bits per heavy atom. The van der Waals surface area contributed by atoms with Gasteiger partial charge >= 0.3 is 0 Å². The molecule has 2 N–H and O–H groups in total. The number of likely N-dealkylation sites (N-methyl/N-ethyl adjacent to an activating group) is 1. The summed E-state index contributed by atoms with van der Waals surface area (Å²) in [4.78, 5) is 9.21. The predicted molar refractivity (Wildman–Crippen MR) is 120 cm³/mol. The first kappa shape index (κ1) is 21.9. The zero-order chi connectivity index (χ0) is 17.5. The van der Waals surface area contributed by atoms with Gasteiger partial charge in [0.05, 0.1) is 12.6 Å². The van der Waals surface area contributed by atoms with E-state index in [2.05, 4.69) is 84.9 Å². The minimum atomic E-state index is 0. The summed E-state index contributed by atoms with van der Waals surface area (Å²) in [6.07, 6.45) is 0.